The molecule has 1 N–H and O–H groups in total. The molecule has 3 amide bonds. The Morgan fingerprint density at radius 3 is 2.44 bits per heavy atom. The van der Waals surface area contributed by atoms with Crippen LogP contribution in [0.1, 0.15) is 29.3 Å². The van der Waals surface area contributed by atoms with Crippen molar-refractivity contribution in [1.29, 1.82) is 0 Å². The molecule has 39 heavy (non-hydrogen) atoms. The molecule has 0 spiro atoms. The number of rotatable bonds is 15. The number of hydrogen-bond donors (Lipinski definition) is 1. The van der Waals surface area contributed by atoms with E-state index >= 15 is 0 Å². The molecule has 1 heterocycles. The van der Waals surface area contributed by atoms with Crippen molar-refractivity contribution in [3.63, 3.8) is 0 Å². The number of benzene rings is 2. The molecule has 1 aromatic heterocycles. The summed E-state index contributed by atoms with van der Waals surface area (Å²) in [7, 11) is 3.21. The van der Waals surface area contributed by atoms with E-state index in [1.165, 1.54) is 0 Å². The molecule has 3 aromatic rings. The molecule has 0 fully saturated rings. The number of carbonyl (C=O) groups is 2. The van der Waals surface area contributed by atoms with Gasteiger partial charge in [0.2, 0.25) is 5.91 Å². The van der Waals surface area contributed by atoms with Gasteiger partial charge >= 0.3 is 6.03 Å². The van der Waals surface area contributed by atoms with E-state index < -0.39 is 0 Å². The Kier molecular flexibility index (Phi) is 12.1. The third-order valence-electron chi connectivity index (χ3n) is 6.32. The Morgan fingerprint density at radius 2 is 1.74 bits per heavy atom. The van der Waals surface area contributed by atoms with Crippen LogP contribution < -0.4 is 14.8 Å². The van der Waals surface area contributed by atoms with Crippen LogP contribution in [0.2, 0.25) is 0 Å². The summed E-state index contributed by atoms with van der Waals surface area (Å²) in [6, 6.07) is 17.1. The Hall–Kier alpha value is -3.56. The first-order valence-electron chi connectivity index (χ1n) is 13.2. The maximum atomic E-state index is 13.7. The van der Waals surface area contributed by atoms with Crippen LogP contribution in [0.25, 0.3) is 0 Å². The smallest absolute Gasteiger partial charge is 0.322 e. The summed E-state index contributed by atoms with van der Waals surface area (Å²) in [6.45, 7) is 6.38. The van der Waals surface area contributed by atoms with E-state index in [4.69, 9.17) is 14.2 Å². The summed E-state index contributed by atoms with van der Waals surface area (Å²) < 4.78 is 16.3. The Morgan fingerprint density at radius 1 is 0.949 bits per heavy atom. The van der Waals surface area contributed by atoms with Crippen LogP contribution in [0.15, 0.2) is 60.0 Å². The Labute approximate surface area is 235 Å². The summed E-state index contributed by atoms with van der Waals surface area (Å²) in [6.07, 6.45) is 1.27. The van der Waals surface area contributed by atoms with Gasteiger partial charge in [-0.25, -0.2) is 4.79 Å². The lowest BCUT2D eigenvalue weighted by Gasteiger charge is -2.28. The maximum Gasteiger partial charge on any atom is 0.322 e. The second-order valence-corrected chi connectivity index (χ2v) is 10.1. The molecule has 0 atom stereocenters. The number of thiophene rings is 1. The number of hydrogen-bond acceptors (Lipinski definition) is 6. The summed E-state index contributed by atoms with van der Waals surface area (Å²) in [5.74, 6) is 1.20. The number of nitrogens with zero attached hydrogens (tertiary/aromatic N) is 2. The molecule has 0 aliphatic rings. The first kappa shape index (κ1) is 30.0. The van der Waals surface area contributed by atoms with Crippen molar-refractivity contribution in [3.8, 4) is 11.5 Å². The zero-order valence-corrected chi connectivity index (χ0v) is 24.1. The van der Waals surface area contributed by atoms with E-state index in [1.54, 1.807) is 30.5 Å². The van der Waals surface area contributed by atoms with Crippen molar-refractivity contribution in [2.24, 2.45) is 0 Å². The minimum atomic E-state index is -0.301. The fourth-order valence-electron chi connectivity index (χ4n) is 4.11. The van der Waals surface area contributed by atoms with Gasteiger partial charge in [-0.2, -0.15) is 0 Å². The number of urea groups is 1. The SMILES string of the molecule is CCOCCCN(CC(=O)N(CCc1ccc(OC)c(OC)c1)Cc1cccs1)C(=O)Nc1ccccc1C. The van der Waals surface area contributed by atoms with Gasteiger partial charge in [0.1, 0.15) is 6.54 Å². The van der Waals surface area contributed by atoms with Gasteiger partial charge in [0.25, 0.3) is 0 Å². The highest BCUT2D eigenvalue weighted by Gasteiger charge is 2.22. The zero-order chi connectivity index (χ0) is 28.0. The minimum absolute atomic E-state index is 0.0266. The fourth-order valence-corrected chi connectivity index (χ4v) is 4.83. The normalized spacial score (nSPS) is 10.7. The second-order valence-electron chi connectivity index (χ2n) is 9.05. The van der Waals surface area contributed by atoms with Crippen LogP contribution >= 0.6 is 11.3 Å². The zero-order valence-electron chi connectivity index (χ0n) is 23.3. The Balaban J connectivity index is 1.74. The number of ether oxygens (including phenoxy) is 3. The highest BCUT2D eigenvalue weighted by Crippen LogP contribution is 2.28. The first-order valence-corrected chi connectivity index (χ1v) is 14.0. The molecule has 3 rings (SSSR count). The van der Waals surface area contributed by atoms with Gasteiger partial charge in [-0.1, -0.05) is 30.3 Å². The largest absolute Gasteiger partial charge is 0.493 e. The molecule has 9 heteroatoms. The molecule has 0 aliphatic heterocycles. The summed E-state index contributed by atoms with van der Waals surface area (Å²) >= 11 is 1.61. The number of nitrogens with one attached hydrogen (secondary N) is 1. The second kappa shape index (κ2) is 15.8. The molecule has 0 aliphatic carbocycles. The van der Waals surface area contributed by atoms with Gasteiger partial charge in [0.05, 0.1) is 20.8 Å². The molecular weight excluding hydrogens is 514 g/mol. The van der Waals surface area contributed by atoms with E-state index in [0.29, 0.717) is 57.2 Å². The quantitative estimate of drug-likeness (QED) is 0.248. The highest BCUT2D eigenvalue weighted by molar-refractivity contribution is 7.09. The third kappa shape index (κ3) is 9.30. The predicted molar refractivity (Wildman–Crippen MR) is 156 cm³/mol. The van der Waals surface area contributed by atoms with E-state index in [9.17, 15) is 9.59 Å². The molecule has 0 saturated carbocycles. The number of methoxy groups -OCH3 is 2. The molecule has 8 nitrogen and oxygen atoms in total. The highest BCUT2D eigenvalue weighted by atomic mass is 32.1. The summed E-state index contributed by atoms with van der Waals surface area (Å²) in [4.78, 5) is 31.4. The average Bonchev–Trinajstić information content (AvgIpc) is 3.46. The molecule has 0 saturated heterocycles. The maximum absolute atomic E-state index is 13.7. The van der Waals surface area contributed by atoms with Crippen molar-refractivity contribution < 1.29 is 23.8 Å². The summed E-state index contributed by atoms with van der Waals surface area (Å²) in [5, 5.41) is 4.98. The lowest BCUT2D eigenvalue weighted by molar-refractivity contribution is -0.132. The predicted octanol–water partition coefficient (Wildman–Crippen LogP) is 5.61. The van der Waals surface area contributed by atoms with Gasteiger partial charge < -0.3 is 29.3 Å². The van der Waals surface area contributed by atoms with Crippen molar-refractivity contribution in [1.82, 2.24) is 9.80 Å². The molecule has 0 unspecified atom stereocenters. The van der Waals surface area contributed by atoms with Crippen LogP contribution in [-0.4, -0.2) is 68.8 Å². The van der Waals surface area contributed by atoms with Crippen molar-refractivity contribution in [2.75, 3.05) is 52.4 Å². The topological polar surface area (TPSA) is 80.3 Å². The minimum Gasteiger partial charge on any atom is -0.493 e. The average molecular weight is 554 g/mol. The Bertz CT molecular complexity index is 1190. The molecule has 0 radical (unpaired) electrons. The van der Waals surface area contributed by atoms with Crippen molar-refractivity contribution in [3.05, 3.63) is 76.0 Å². The van der Waals surface area contributed by atoms with E-state index in [1.807, 2.05) is 78.7 Å². The van der Waals surface area contributed by atoms with Crippen LogP contribution in [-0.2, 0) is 22.5 Å². The first-order chi connectivity index (χ1) is 18.9. The number of carbonyl (C=O) groups excluding carboxylic acids is 2. The summed E-state index contributed by atoms with van der Waals surface area (Å²) in [5.41, 5.74) is 2.72. The number of aryl methyl sites for hydroxylation is 1. The van der Waals surface area contributed by atoms with Crippen molar-refractivity contribution >= 4 is 29.0 Å². The number of para-hydroxylation sites is 1. The standard InChI is InChI=1S/C30H39N3O5S/c1-5-38-18-9-16-33(30(35)31-26-12-7-6-10-23(26)2)22-29(34)32(21-25-11-8-19-39-25)17-15-24-13-14-27(36-3)28(20-24)37-4/h6-8,10-14,19-20H,5,9,15-18,21-22H2,1-4H3,(H,31,35). The molecule has 0 bridgehead atoms. The lowest BCUT2D eigenvalue weighted by atomic mass is 10.1. The van der Waals surface area contributed by atoms with E-state index in [0.717, 1.165) is 21.7 Å². The fraction of sp³-hybridized carbons (Fsp3) is 0.400. The van der Waals surface area contributed by atoms with Gasteiger partial charge in [-0.15, -0.1) is 11.3 Å². The van der Waals surface area contributed by atoms with Crippen LogP contribution in [0.4, 0.5) is 10.5 Å². The monoisotopic (exact) mass is 553 g/mol. The van der Waals surface area contributed by atoms with Gasteiger partial charge in [0, 0.05) is 36.9 Å². The van der Waals surface area contributed by atoms with Crippen LogP contribution in [0, 0.1) is 6.92 Å². The lowest BCUT2D eigenvalue weighted by Crippen LogP contribution is -2.45. The van der Waals surface area contributed by atoms with Gasteiger partial charge in [-0.3, -0.25) is 4.79 Å². The molecule has 2 aromatic carbocycles. The van der Waals surface area contributed by atoms with E-state index in [-0.39, 0.29) is 18.5 Å². The van der Waals surface area contributed by atoms with E-state index in [2.05, 4.69) is 5.32 Å². The van der Waals surface area contributed by atoms with Gasteiger partial charge in [0.15, 0.2) is 11.5 Å². The number of amides is 3. The van der Waals surface area contributed by atoms with Crippen LogP contribution in [0.3, 0.4) is 0 Å². The van der Waals surface area contributed by atoms with Gasteiger partial charge in [-0.05, 0) is 67.5 Å². The van der Waals surface area contributed by atoms with Crippen LogP contribution in [0.5, 0.6) is 11.5 Å². The molecule has 210 valence electrons. The number of anilines is 1. The third-order valence-corrected chi connectivity index (χ3v) is 7.18. The van der Waals surface area contributed by atoms with Crippen molar-refractivity contribution in [2.45, 2.75) is 33.2 Å². The molecular formula is C30H39N3O5S.